The van der Waals surface area contributed by atoms with Crippen LogP contribution < -0.4 is 4.74 Å². The number of aromatic nitrogens is 4. The summed E-state index contributed by atoms with van der Waals surface area (Å²) in [6.07, 6.45) is 6.45. The molecule has 3 aliphatic carbocycles. The number of aliphatic hydroxyl groups excluding tert-OH is 1. The highest BCUT2D eigenvalue weighted by Gasteiger charge is 2.32. The van der Waals surface area contributed by atoms with Crippen molar-refractivity contribution >= 4 is 12.1 Å². The van der Waals surface area contributed by atoms with Gasteiger partial charge in [-0.2, -0.15) is 0 Å². The minimum absolute atomic E-state index is 0.204. The Morgan fingerprint density at radius 2 is 1.95 bits per heavy atom. The highest BCUT2D eigenvalue weighted by molar-refractivity contribution is 5.70. The van der Waals surface area contributed by atoms with Crippen LogP contribution in [0.4, 0.5) is 4.79 Å². The summed E-state index contributed by atoms with van der Waals surface area (Å²) in [7, 11) is 3.30. The van der Waals surface area contributed by atoms with Crippen LogP contribution in [0.25, 0.3) is 11.4 Å². The predicted octanol–water partition coefficient (Wildman–Crippen LogP) is 3.88. The van der Waals surface area contributed by atoms with Gasteiger partial charge in [0.1, 0.15) is 17.1 Å². The number of aliphatic hydroxyl groups is 1. The van der Waals surface area contributed by atoms with E-state index in [1.54, 1.807) is 20.2 Å². The van der Waals surface area contributed by atoms with Crippen LogP contribution in [0.3, 0.4) is 0 Å². The standard InChI is InChI=1S/C27H37N5O6/c1-31(13-12-16-6-7-16)27(36)38-26(35)24-23(29-30-32(24)2)20-10-11-21(22(28-20)18-8-9-18)37-15-17-4-3-5-19(14-17)25(33)34/h10-11,16-19,26,35H,3-9,12-15H2,1-2H3,(H,33,34)/t17-,19-,26?/m0/s1. The second kappa shape index (κ2) is 11.3. The number of aliphatic carboxylic acids is 1. The van der Waals surface area contributed by atoms with Gasteiger partial charge in [-0.05, 0) is 62.5 Å². The van der Waals surface area contributed by atoms with Gasteiger partial charge in [-0.25, -0.2) is 14.5 Å². The minimum atomic E-state index is -1.54. The van der Waals surface area contributed by atoms with Crippen molar-refractivity contribution in [3.8, 4) is 17.1 Å². The van der Waals surface area contributed by atoms with E-state index in [2.05, 4.69) is 10.3 Å². The highest BCUT2D eigenvalue weighted by Crippen LogP contribution is 2.44. The quantitative estimate of drug-likeness (QED) is 0.417. The minimum Gasteiger partial charge on any atom is -0.491 e. The molecule has 1 amide bonds. The first-order chi connectivity index (χ1) is 18.3. The Labute approximate surface area is 222 Å². The molecule has 2 aromatic rings. The molecule has 3 saturated carbocycles. The number of pyridine rings is 1. The lowest BCUT2D eigenvalue weighted by Gasteiger charge is -2.26. The third-order valence-corrected chi connectivity index (χ3v) is 7.90. The Morgan fingerprint density at radius 1 is 1.16 bits per heavy atom. The van der Waals surface area contributed by atoms with Crippen LogP contribution in [0.2, 0.25) is 0 Å². The lowest BCUT2D eigenvalue weighted by Crippen LogP contribution is -2.30. The molecule has 3 aliphatic rings. The number of carbonyl (C=O) groups is 2. The molecular weight excluding hydrogens is 490 g/mol. The third-order valence-electron chi connectivity index (χ3n) is 7.90. The van der Waals surface area contributed by atoms with Gasteiger partial charge < -0.3 is 24.6 Å². The van der Waals surface area contributed by atoms with E-state index in [-0.39, 0.29) is 23.4 Å². The fourth-order valence-corrected chi connectivity index (χ4v) is 5.18. The summed E-state index contributed by atoms with van der Waals surface area (Å²) in [6, 6.07) is 3.63. The molecule has 0 aromatic carbocycles. The van der Waals surface area contributed by atoms with Crippen molar-refractivity contribution in [1.29, 1.82) is 0 Å². The molecular formula is C27H37N5O6. The van der Waals surface area contributed by atoms with Gasteiger partial charge >= 0.3 is 12.1 Å². The van der Waals surface area contributed by atoms with Gasteiger partial charge in [0.05, 0.1) is 23.9 Å². The summed E-state index contributed by atoms with van der Waals surface area (Å²) < 4.78 is 12.9. The number of aryl methyl sites for hydroxylation is 1. The Morgan fingerprint density at radius 3 is 2.66 bits per heavy atom. The van der Waals surface area contributed by atoms with E-state index < -0.39 is 18.4 Å². The molecule has 0 radical (unpaired) electrons. The summed E-state index contributed by atoms with van der Waals surface area (Å²) in [4.78, 5) is 30.3. The fraction of sp³-hybridized carbons (Fsp3) is 0.667. The largest absolute Gasteiger partial charge is 0.491 e. The maximum absolute atomic E-state index is 12.5. The zero-order chi connectivity index (χ0) is 26.8. The molecule has 11 heteroatoms. The Bertz CT molecular complexity index is 1160. The number of nitrogens with zero attached hydrogens (tertiary/aromatic N) is 5. The average Bonchev–Trinajstić information content (AvgIpc) is 3.84. The Balaban J connectivity index is 1.28. The average molecular weight is 528 g/mol. The maximum atomic E-state index is 12.5. The number of carboxylic acids is 1. The molecule has 206 valence electrons. The molecule has 0 aliphatic heterocycles. The van der Waals surface area contributed by atoms with Gasteiger partial charge in [0.2, 0.25) is 6.29 Å². The van der Waals surface area contributed by atoms with E-state index in [9.17, 15) is 19.8 Å². The van der Waals surface area contributed by atoms with Crippen LogP contribution >= 0.6 is 0 Å². The summed E-state index contributed by atoms with van der Waals surface area (Å²) in [5, 5.41) is 28.4. The van der Waals surface area contributed by atoms with Gasteiger partial charge in [0.25, 0.3) is 0 Å². The van der Waals surface area contributed by atoms with Crippen molar-refractivity contribution in [2.75, 3.05) is 20.2 Å². The second-order valence-electron chi connectivity index (χ2n) is 11.1. The molecule has 0 bridgehead atoms. The predicted molar refractivity (Wildman–Crippen MR) is 136 cm³/mol. The van der Waals surface area contributed by atoms with E-state index in [0.717, 1.165) is 44.2 Å². The number of rotatable bonds is 11. The molecule has 2 heterocycles. The van der Waals surface area contributed by atoms with E-state index in [0.29, 0.717) is 42.6 Å². The molecule has 1 unspecified atom stereocenters. The molecule has 2 aromatic heterocycles. The van der Waals surface area contributed by atoms with Crippen LogP contribution in [-0.4, -0.2) is 67.4 Å². The zero-order valence-electron chi connectivity index (χ0n) is 22.1. The molecule has 3 fully saturated rings. The van der Waals surface area contributed by atoms with E-state index in [1.165, 1.54) is 22.4 Å². The first-order valence-electron chi connectivity index (χ1n) is 13.7. The van der Waals surface area contributed by atoms with Crippen LogP contribution in [0.1, 0.15) is 81.4 Å². The van der Waals surface area contributed by atoms with Crippen molar-refractivity contribution in [1.82, 2.24) is 24.9 Å². The van der Waals surface area contributed by atoms with E-state index in [1.807, 2.05) is 6.07 Å². The van der Waals surface area contributed by atoms with Crippen LogP contribution in [-0.2, 0) is 16.6 Å². The smallest absolute Gasteiger partial charge is 0.412 e. The maximum Gasteiger partial charge on any atom is 0.412 e. The summed E-state index contributed by atoms with van der Waals surface area (Å²) in [5.41, 5.74) is 1.94. The molecule has 3 atom stereocenters. The van der Waals surface area contributed by atoms with Crippen molar-refractivity contribution in [3.63, 3.8) is 0 Å². The first-order valence-corrected chi connectivity index (χ1v) is 13.7. The highest BCUT2D eigenvalue weighted by atomic mass is 16.6. The van der Waals surface area contributed by atoms with Crippen LogP contribution in [0.15, 0.2) is 12.1 Å². The van der Waals surface area contributed by atoms with Crippen LogP contribution in [0, 0.1) is 17.8 Å². The third kappa shape index (κ3) is 6.25. The number of amides is 1. The SMILES string of the molecule is CN(CCC1CC1)C(=O)OC(O)c1c(-c2ccc(OC[C@H]3CCC[C@H](C(=O)O)C3)c(C3CC3)n2)nnn1C. The molecule has 11 nitrogen and oxygen atoms in total. The number of ether oxygens (including phenoxy) is 2. The number of carboxylic acid groups (broad SMARTS) is 1. The summed E-state index contributed by atoms with van der Waals surface area (Å²) >= 11 is 0. The lowest BCUT2D eigenvalue weighted by atomic mass is 9.82. The van der Waals surface area contributed by atoms with Gasteiger partial charge in [0, 0.05) is 26.6 Å². The van der Waals surface area contributed by atoms with Crippen molar-refractivity contribution in [2.45, 2.75) is 70.0 Å². The molecule has 5 rings (SSSR count). The van der Waals surface area contributed by atoms with Gasteiger partial charge in [-0.3, -0.25) is 4.79 Å². The number of carbonyl (C=O) groups excluding carboxylic acids is 1. The topological polar surface area (TPSA) is 140 Å². The van der Waals surface area contributed by atoms with Crippen molar-refractivity contribution < 1.29 is 29.3 Å². The Hall–Kier alpha value is -3.21. The van der Waals surface area contributed by atoms with Crippen LogP contribution in [0.5, 0.6) is 5.75 Å². The molecule has 0 spiro atoms. The van der Waals surface area contributed by atoms with Crippen molar-refractivity contribution in [3.05, 3.63) is 23.5 Å². The zero-order valence-corrected chi connectivity index (χ0v) is 22.1. The molecule has 0 saturated heterocycles. The summed E-state index contributed by atoms with van der Waals surface area (Å²) in [5.74, 6) is 0.849. The van der Waals surface area contributed by atoms with Gasteiger partial charge in [0.15, 0.2) is 0 Å². The molecule has 2 N–H and O–H groups in total. The van der Waals surface area contributed by atoms with E-state index in [4.69, 9.17) is 14.5 Å². The Kier molecular flexibility index (Phi) is 7.83. The lowest BCUT2D eigenvalue weighted by molar-refractivity contribution is -0.143. The van der Waals surface area contributed by atoms with E-state index >= 15 is 0 Å². The number of hydrogen-bond donors (Lipinski definition) is 2. The second-order valence-corrected chi connectivity index (χ2v) is 11.1. The summed E-state index contributed by atoms with van der Waals surface area (Å²) in [6.45, 7) is 1.04. The van der Waals surface area contributed by atoms with Gasteiger partial charge in [-0.1, -0.05) is 24.5 Å². The molecule has 38 heavy (non-hydrogen) atoms. The van der Waals surface area contributed by atoms with Gasteiger partial charge in [-0.15, -0.1) is 5.10 Å². The first kappa shape index (κ1) is 26.4. The number of hydrogen-bond acceptors (Lipinski definition) is 8. The normalized spacial score (nSPS) is 22.1. The van der Waals surface area contributed by atoms with Crippen molar-refractivity contribution in [2.24, 2.45) is 24.8 Å². The fourth-order valence-electron chi connectivity index (χ4n) is 5.18. The monoisotopic (exact) mass is 527 g/mol.